The van der Waals surface area contributed by atoms with Gasteiger partial charge in [0.05, 0.1) is 0 Å². The Morgan fingerprint density at radius 1 is 1.45 bits per heavy atom. The normalized spacial score (nSPS) is 10.7. The molecule has 0 radical (unpaired) electrons. The summed E-state index contributed by atoms with van der Waals surface area (Å²) in [5.41, 5.74) is 0.987. The monoisotopic (exact) mass is 214 g/mol. The molecule has 0 nitrogen and oxygen atoms in total. The SMILES string of the molecule is Fc1cccc(C/C=C/Br)c1. The molecular formula is C9H8BrF. The minimum absolute atomic E-state index is 0.175. The summed E-state index contributed by atoms with van der Waals surface area (Å²) in [6, 6.07) is 6.59. The van der Waals surface area contributed by atoms with Crippen LogP contribution in [0.3, 0.4) is 0 Å². The van der Waals surface area contributed by atoms with Crippen molar-refractivity contribution in [2.75, 3.05) is 0 Å². The fourth-order valence-corrected chi connectivity index (χ4v) is 1.03. The van der Waals surface area contributed by atoms with Gasteiger partial charge in [0, 0.05) is 0 Å². The number of hydrogen-bond acceptors (Lipinski definition) is 0. The molecule has 0 aromatic heterocycles. The summed E-state index contributed by atoms with van der Waals surface area (Å²) in [6.45, 7) is 0. The summed E-state index contributed by atoms with van der Waals surface area (Å²) in [7, 11) is 0. The molecule has 0 aliphatic heterocycles. The summed E-state index contributed by atoms with van der Waals surface area (Å²) in [5.74, 6) is -0.175. The topological polar surface area (TPSA) is 0 Å². The second-order valence-corrected chi connectivity index (χ2v) is 2.72. The molecule has 58 valence electrons. The van der Waals surface area contributed by atoms with Gasteiger partial charge >= 0.3 is 0 Å². The van der Waals surface area contributed by atoms with E-state index < -0.39 is 0 Å². The van der Waals surface area contributed by atoms with Crippen molar-refractivity contribution < 1.29 is 4.39 Å². The first-order valence-corrected chi connectivity index (χ1v) is 4.24. The van der Waals surface area contributed by atoms with Crippen molar-refractivity contribution in [3.05, 3.63) is 46.7 Å². The summed E-state index contributed by atoms with van der Waals surface area (Å²) in [4.78, 5) is 1.78. The van der Waals surface area contributed by atoms with Crippen molar-refractivity contribution in [1.29, 1.82) is 0 Å². The third-order valence-electron chi connectivity index (χ3n) is 1.33. The van der Waals surface area contributed by atoms with Crippen LogP contribution in [0.25, 0.3) is 0 Å². The fourth-order valence-electron chi connectivity index (χ4n) is 0.845. The Balaban J connectivity index is 2.71. The first kappa shape index (κ1) is 8.47. The third-order valence-corrected chi connectivity index (χ3v) is 1.71. The molecule has 2 heteroatoms. The lowest BCUT2D eigenvalue weighted by Crippen LogP contribution is -1.81. The van der Waals surface area contributed by atoms with Crippen LogP contribution in [0.1, 0.15) is 5.56 Å². The van der Waals surface area contributed by atoms with Crippen LogP contribution in [0.5, 0.6) is 0 Å². The van der Waals surface area contributed by atoms with E-state index in [1.807, 2.05) is 12.1 Å². The van der Waals surface area contributed by atoms with Crippen LogP contribution in [0.4, 0.5) is 4.39 Å². The van der Waals surface area contributed by atoms with Gasteiger partial charge in [0.15, 0.2) is 0 Å². The molecule has 1 aromatic rings. The maximum Gasteiger partial charge on any atom is 0.123 e. The predicted molar refractivity (Wildman–Crippen MR) is 48.2 cm³/mol. The van der Waals surface area contributed by atoms with Crippen LogP contribution in [-0.2, 0) is 6.42 Å². The van der Waals surface area contributed by atoms with Gasteiger partial charge in [-0.2, -0.15) is 0 Å². The highest BCUT2D eigenvalue weighted by molar-refractivity contribution is 9.11. The van der Waals surface area contributed by atoms with Crippen LogP contribution in [-0.4, -0.2) is 0 Å². The average Bonchev–Trinajstić information content (AvgIpc) is 2.01. The molecule has 0 saturated heterocycles. The van der Waals surface area contributed by atoms with E-state index in [1.54, 1.807) is 11.1 Å². The van der Waals surface area contributed by atoms with Gasteiger partial charge in [-0.25, -0.2) is 4.39 Å². The minimum Gasteiger partial charge on any atom is -0.207 e. The highest BCUT2D eigenvalue weighted by Gasteiger charge is 1.90. The molecule has 0 spiro atoms. The smallest absolute Gasteiger partial charge is 0.123 e. The predicted octanol–water partition coefficient (Wildman–Crippen LogP) is 3.28. The Hall–Kier alpha value is -0.630. The van der Waals surface area contributed by atoms with E-state index in [9.17, 15) is 4.39 Å². The van der Waals surface area contributed by atoms with E-state index >= 15 is 0 Å². The van der Waals surface area contributed by atoms with E-state index in [0.29, 0.717) is 0 Å². The summed E-state index contributed by atoms with van der Waals surface area (Å²) < 4.78 is 12.6. The molecule has 0 amide bonds. The maximum absolute atomic E-state index is 12.6. The molecule has 0 N–H and O–H groups in total. The van der Waals surface area contributed by atoms with E-state index in [1.165, 1.54) is 12.1 Å². The number of hydrogen-bond donors (Lipinski definition) is 0. The van der Waals surface area contributed by atoms with Gasteiger partial charge in [0.25, 0.3) is 0 Å². The first-order valence-electron chi connectivity index (χ1n) is 3.32. The Kier molecular flexibility index (Phi) is 3.30. The van der Waals surface area contributed by atoms with Crippen molar-refractivity contribution in [1.82, 2.24) is 0 Å². The van der Waals surface area contributed by atoms with Crippen LogP contribution < -0.4 is 0 Å². The molecule has 0 aliphatic rings. The average molecular weight is 215 g/mol. The van der Waals surface area contributed by atoms with Crippen LogP contribution in [0.15, 0.2) is 35.3 Å². The number of rotatable bonds is 2. The second-order valence-electron chi connectivity index (χ2n) is 2.20. The molecule has 0 saturated carbocycles. The van der Waals surface area contributed by atoms with E-state index in [-0.39, 0.29) is 5.82 Å². The zero-order valence-corrected chi connectivity index (χ0v) is 7.51. The van der Waals surface area contributed by atoms with Crippen molar-refractivity contribution in [2.45, 2.75) is 6.42 Å². The lowest BCUT2D eigenvalue weighted by molar-refractivity contribution is 0.626. The molecule has 0 atom stereocenters. The number of halogens is 2. The maximum atomic E-state index is 12.6. The van der Waals surface area contributed by atoms with Gasteiger partial charge in [-0.3, -0.25) is 0 Å². The highest BCUT2D eigenvalue weighted by Crippen LogP contribution is 2.04. The first-order chi connectivity index (χ1) is 5.33. The Bertz CT molecular complexity index is 255. The van der Waals surface area contributed by atoms with Crippen molar-refractivity contribution in [3.63, 3.8) is 0 Å². The minimum atomic E-state index is -0.175. The fraction of sp³-hybridized carbons (Fsp3) is 0.111. The standard InChI is InChI=1S/C9H8BrF/c10-6-2-4-8-3-1-5-9(11)7-8/h1-3,5-7H,4H2/b6-2+. The summed E-state index contributed by atoms with van der Waals surface area (Å²) in [6.07, 6.45) is 2.69. The van der Waals surface area contributed by atoms with E-state index in [2.05, 4.69) is 15.9 Å². The van der Waals surface area contributed by atoms with Gasteiger partial charge in [-0.15, -0.1) is 0 Å². The lowest BCUT2D eigenvalue weighted by atomic mass is 10.1. The molecule has 0 fully saturated rings. The quantitative estimate of drug-likeness (QED) is 0.710. The number of allylic oxidation sites excluding steroid dienone is 1. The third kappa shape index (κ3) is 2.85. The van der Waals surface area contributed by atoms with Crippen molar-refractivity contribution in [2.24, 2.45) is 0 Å². The molecule has 1 aromatic carbocycles. The second kappa shape index (κ2) is 4.29. The zero-order chi connectivity index (χ0) is 8.10. The largest absolute Gasteiger partial charge is 0.207 e. The lowest BCUT2D eigenvalue weighted by Gasteiger charge is -1.94. The zero-order valence-electron chi connectivity index (χ0n) is 5.93. The number of benzene rings is 1. The molecule has 11 heavy (non-hydrogen) atoms. The summed E-state index contributed by atoms with van der Waals surface area (Å²) in [5, 5.41) is 0. The molecule has 0 unspecified atom stereocenters. The molecular weight excluding hydrogens is 207 g/mol. The van der Waals surface area contributed by atoms with Crippen LogP contribution >= 0.6 is 15.9 Å². The van der Waals surface area contributed by atoms with Gasteiger partial charge in [0.2, 0.25) is 0 Å². The van der Waals surface area contributed by atoms with Gasteiger partial charge in [0.1, 0.15) is 5.82 Å². The van der Waals surface area contributed by atoms with Crippen molar-refractivity contribution >= 4 is 15.9 Å². The van der Waals surface area contributed by atoms with Gasteiger partial charge in [-0.1, -0.05) is 34.1 Å². The van der Waals surface area contributed by atoms with Crippen LogP contribution in [0, 0.1) is 5.82 Å². The highest BCUT2D eigenvalue weighted by atomic mass is 79.9. The Morgan fingerprint density at radius 2 is 2.27 bits per heavy atom. The molecule has 0 aliphatic carbocycles. The molecule has 0 heterocycles. The van der Waals surface area contributed by atoms with E-state index in [0.717, 1.165) is 12.0 Å². The Morgan fingerprint density at radius 3 is 2.91 bits per heavy atom. The van der Waals surface area contributed by atoms with Crippen molar-refractivity contribution in [3.8, 4) is 0 Å². The Labute approximate surface area is 73.9 Å². The summed E-state index contributed by atoms with van der Waals surface area (Å²) >= 11 is 3.15. The van der Waals surface area contributed by atoms with Gasteiger partial charge in [-0.05, 0) is 29.1 Å². The van der Waals surface area contributed by atoms with Gasteiger partial charge < -0.3 is 0 Å². The van der Waals surface area contributed by atoms with Crippen LogP contribution in [0.2, 0.25) is 0 Å². The van der Waals surface area contributed by atoms with E-state index in [4.69, 9.17) is 0 Å². The molecule has 1 rings (SSSR count). The molecule has 0 bridgehead atoms.